The maximum atomic E-state index is 12.1. The first-order valence-corrected chi connectivity index (χ1v) is 6.30. The van der Waals surface area contributed by atoms with Gasteiger partial charge >= 0.3 is 0 Å². The summed E-state index contributed by atoms with van der Waals surface area (Å²) in [6.07, 6.45) is 3.70. The van der Waals surface area contributed by atoms with Gasteiger partial charge < -0.3 is 20.1 Å². The van der Waals surface area contributed by atoms with Gasteiger partial charge in [0.05, 0.1) is 18.8 Å². The number of rotatable bonds is 5. The second kappa shape index (κ2) is 7.63. The van der Waals surface area contributed by atoms with Gasteiger partial charge in [0, 0.05) is 20.7 Å². The highest BCUT2D eigenvalue weighted by atomic mass is 16.5. The lowest BCUT2D eigenvalue weighted by molar-refractivity contribution is -0.133. The van der Waals surface area contributed by atoms with Crippen LogP contribution >= 0.6 is 0 Å². The molecule has 0 aromatic heterocycles. The SMILES string of the molecule is COCC(O)CN(C)C(=O)C1CCCCCN1. The van der Waals surface area contributed by atoms with Crippen LogP contribution in [-0.4, -0.2) is 61.9 Å². The largest absolute Gasteiger partial charge is 0.389 e. The van der Waals surface area contributed by atoms with Crippen molar-refractivity contribution in [3.8, 4) is 0 Å². The molecule has 2 N–H and O–H groups in total. The maximum Gasteiger partial charge on any atom is 0.239 e. The van der Waals surface area contributed by atoms with Crippen LogP contribution in [0.5, 0.6) is 0 Å². The Morgan fingerprint density at radius 3 is 3.00 bits per heavy atom. The first-order chi connectivity index (χ1) is 8.15. The second-order valence-corrected chi connectivity index (χ2v) is 4.68. The number of aliphatic hydroxyl groups is 1. The van der Waals surface area contributed by atoms with E-state index in [4.69, 9.17) is 4.74 Å². The van der Waals surface area contributed by atoms with Crippen LogP contribution in [0.4, 0.5) is 0 Å². The lowest BCUT2D eigenvalue weighted by Crippen LogP contribution is -2.47. The molecule has 0 aromatic carbocycles. The Balaban J connectivity index is 2.38. The number of hydrogen-bond donors (Lipinski definition) is 2. The molecular formula is C12H24N2O3. The molecule has 1 heterocycles. The summed E-state index contributed by atoms with van der Waals surface area (Å²) >= 11 is 0. The minimum Gasteiger partial charge on any atom is -0.389 e. The van der Waals surface area contributed by atoms with Gasteiger partial charge in [-0.1, -0.05) is 12.8 Å². The summed E-state index contributed by atoms with van der Waals surface area (Å²) in [6.45, 7) is 1.49. The summed E-state index contributed by atoms with van der Waals surface area (Å²) in [7, 11) is 3.27. The van der Waals surface area contributed by atoms with E-state index in [1.54, 1.807) is 11.9 Å². The molecular weight excluding hydrogens is 220 g/mol. The van der Waals surface area contributed by atoms with Crippen LogP contribution < -0.4 is 5.32 Å². The van der Waals surface area contributed by atoms with Crippen LogP contribution in [0.3, 0.4) is 0 Å². The molecule has 1 saturated heterocycles. The molecule has 0 bridgehead atoms. The smallest absolute Gasteiger partial charge is 0.239 e. The zero-order valence-electron chi connectivity index (χ0n) is 10.8. The number of aliphatic hydroxyl groups excluding tert-OH is 1. The first-order valence-electron chi connectivity index (χ1n) is 6.30. The Morgan fingerprint density at radius 2 is 2.29 bits per heavy atom. The summed E-state index contributed by atoms with van der Waals surface area (Å²) in [4.78, 5) is 13.7. The van der Waals surface area contributed by atoms with Crippen molar-refractivity contribution < 1.29 is 14.6 Å². The van der Waals surface area contributed by atoms with E-state index < -0.39 is 6.10 Å². The van der Waals surface area contributed by atoms with E-state index in [1.807, 2.05) is 0 Å². The van der Waals surface area contributed by atoms with Crippen molar-refractivity contribution in [2.24, 2.45) is 0 Å². The van der Waals surface area contributed by atoms with E-state index in [2.05, 4.69) is 5.32 Å². The van der Waals surface area contributed by atoms with Crippen LogP contribution in [0.1, 0.15) is 25.7 Å². The highest BCUT2D eigenvalue weighted by Gasteiger charge is 2.23. The van der Waals surface area contributed by atoms with Gasteiger partial charge in [0.25, 0.3) is 0 Å². The topological polar surface area (TPSA) is 61.8 Å². The number of amides is 1. The van der Waals surface area contributed by atoms with Gasteiger partial charge in [-0.15, -0.1) is 0 Å². The number of methoxy groups -OCH3 is 1. The molecule has 1 aliphatic heterocycles. The average Bonchev–Trinajstić information content (AvgIpc) is 2.56. The van der Waals surface area contributed by atoms with E-state index >= 15 is 0 Å². The van der Waals surface area contributed by atoms with Crippen molar-refractivity contribution in [2.45, 2.75) is 37.8 Å². The predicted molar refractivity (Wildman–Crippen MR) is 65.8 cm³/mol. The Hall–Kier alpha value is -0.650. The van der Waals surface area contributed by atoms with E-state index in [0.29, 0.717) is 6.54 Å². The predicted octanol–water partition coefficient (Wildman–Crippen LogP) is -0.0157. The summed E-state index contributed by atoms with van der Waals surface area (Å²) in [5, 5.41) is 12.8. The van der Waals surface area contributed by atoms with Gasteiger partial charge in [-0.2, -0.15) is 0 Å². The van der Waals surface area contributed by atoms with Gasteiger partial charge in [-0.25, -0.2) is 0 Å². The van der Waals surface area contributed by atoms with Gasteiger partial charge in [-0.3, -0.25) is 4.79 Å². The van der Waals surface area contributed by atoms with Crippen molar-refractivity contribution in [1.82, 2.24) is 10.2 Å². The third kappa shape index (κ3) is 5.02. The minimum atomic E-state index is -0.611. The second-order valence-electron chi connectivity index (χ2n) is 4.68. The average molecular weight is 244 g/mol. The molecule has 1 rings (SSSR count). The van der Waals surface area contributed by atoms with Crippen LogP contribution in [0, 0.1) is 0 Å². The third-order valence-corrected chi connectivity index (χ3v) is 3.08. The van der Waals surface area contributed by atoms with Crippen molar-refractivity contribution in [3.05, 3.63) is 0 Å². The maximum absolute atomic E-state index is 12.1. The molecule has 0 radical (unpaired) electrons. The lowest BCUT2D eigenvalue weighted by atomic mass is 10.1. The molecule has 0 aromatic rings. The molecule has 2 unspecified atom stereocenters. The van der Waals surface area contributed by atoms with Crippen LogP contribution in [0.2, 0.25) is 0 Å². The first kappa shape index (κ1) is 14.4. The zero-order chi connectivity index (χ0) is 12.7. The summed E-state index contributed by atoms with van der Waals surface area (Å²) in [6, 6.07) is -0.0859. The molecule has 1 fully saturated rings. The molecule has 0 saturated carbocycles. The number of ether oxygens (including phenoxy) is 1. The number of carbonyl (C=O) groups excluding carboxylic acids is 1. The van der Waals surface area contributed by atoms with Crippen LogP contribution in [0.25, 0.3) is 0 Å². The highest BCUT2D eigenvalue weighted by molar-refractivity contribution is 5.81. The molecule has 2 atom stereocenters. The van der Waals surface area contributed by atoms with Crippen molar-refractivity contribution in [3.63, 3.8) is 0 Å². The van der Waals surface area contributed by atoms with E-state index in [0.717, 1.165) is 25.8 Å². The molecule has 100 valence electrons. The quantitative estimate of drug-likeness (QED) is 0.714. The Labute approximate surface area is 103 Å². The summed E-state index contributed by atoms with van der Waals surface area (Å²) in [5.41, 5.74) is 0. The van der Waals surface area contributed by atoms with Gasteiger partial charge in [0.15, 0.2) is 0 Å². The van der Waals surface area contributed by atoms with Crippen molar-refractivity contribution >= 4 is 5.91 Å². The van der Waals surface area contributed by atoms with Gasteiger partial charge in [-0.05, 0) is 19.4 Å². The fourth-order valence-electron chi connectivity index (χ4n) is 2.16. The molecule has 1 amide bonds. The third-order valence-electron chi connectivity index (χ3n) is 3.08. The van der Waals surface area contributed by atoms with Gasteiger partial charge in [0.1, 0.15) is 0 Å². The van der Waals surface area contributed by atoms with Crippen molar-refractivity contribution in [2.75, 3.05) is 33.9 Å². The number of nitrogens with one attached hydrogen (secondary N) is 1. The fraction of sp³-hybridized carbons (Fsp3) is 0.917. The van der Waals surface area contributed by atoms with Gasteiger partial charge in [0.2, 0.25) is 5.91 Å². The highest BCUT2D eigenvalue weighted by Crippen LogP contribution is 2.10. The molecule has 17 heavy (non-hydrogen) atoms. The van der Waals surface area contributed by atoms with E-state index in [-0.39, 0.29) is 18.6 Å². The minimum absolute atomic E-state index is 0.0713. The number of nitrogens with zero attached hydrogens (tertiary/aromatic N) is 1. The van der Waals surface area contributed by atoms with Crippen LogP contribution in [0.15, 0.2) is 0 Å². The Bertz CT molecular complexity index is 228. The summed E-state index contributed by atoms with van der Waals surface area (Å²) < 4.78 is 4.85. The molecule has 1 aliphatic rings. The Kier molecular flexibility index (Phi) is 6.47. The monoisotopic (exact) mass is 244 g/mol. The molecule has 5 nitrogen and oxygen atoms in total. The summed E-state index contributed by atoms with van der Waals surface area (Å²) in [5.74, 6) is 0.0713. The Morgan fingerprint density at radius 1 is 1.53 bits per heavy atom. The van der Waals surface area contributed by atoms with Crippen LogP contribution in [-0.2, 0) is 9.53 Å². The lowest BCUT2D eigenvalue weighted by Gasteiger charge is -2.25. The fourth-order valence-corrected chi connectivity index (χ4v) is 2.16. The normalized spacial score (nSPS) is 22.9. The number of likely N-dealkylation sites (N-methyl/N-ethyl adjacent to an activating group) is 1. The molecule has 5 heteroatoms. The van der Waals surface area contributed by atoms with Crippen molar-refractivity contribution in [1.29, 1.82) is 0 Å². The molecule has 0 aliphatic carbocycles. The van der Waals surface area contributed by atoms with E-state index in [9.17, 15) is 9.90 Å². The standard InChI is InChI=1S/C12H24N2O3/c1-14(8-10(15)9-17-2)12(16)11-6-4-3-5-7-13-11/h10-11,13,15H,3-9H2,1-2H3. The number of carbonyl (C=O) groups is 1. The zero-order valence-corrected chi connectivity index (χ0v) is 10.8. The number of hydrogen-bond acceptors (Lipinski definition) is 4. The van der Waals surface area contributed by atoms with E-state index in [1.165, 1.54) is 13.5 Å². The molecule has 0 spiro atoms.